The van der Waals surface area contributed by atoms with Crippen LogP contribution < -0.4 is 5.32 Å². The molecule has 43 heavy (non-hydrogen) atoms. The summed E-state index contributed by atoms with van der Waals surface area (Å²) in [4.78, 5) is 72.2. The molecule has 5 aliphatic rings. The monoisotopic (exact) mass is 627 g/mol. The molecule has 0 spiro atoms. The van der Waals surface area contributed by atoms with Crippen molar-refractivity contribution in [3.8, 4) is 0 Å². The first-order valence-electron chi connectivity index (χ1n) is 14.6. The highest BCUT2D eigenvalue weighted by molar-refractivity contribution is 8.02. The molecule has 0 aromatic heterocycles. The number of esters is 4. The summed E-state index contributed by atoms with van der Waals surface area (Å²) in [6.45, 7) is 5.16. The number of amides is 1. The number of ether oxygens (including phenoxy) is 5. The zero-order valence-corrected chi connectivity index (χ0v) is 25.9. The molecule has 13 nitrogen and oxygen atoms in total. The van der Waals surface area contributed by atoms with E-state index < -0.39 is 77.8 Å². The average molecular weight is 628 g/mol. The molecule has 1 aliphatic heterocycles. The van der Waals surface area contributed by atoms with Gasteiger partial charge in [0.25, 0.3) is 0 Å². The minimum absolute atomic E-state index is 0.301. The van der Waals surface area contributed by atoms with Crippen molar-refractivity contribution in [1.29, 1.82) is 0 Å². The van der Waals surface area contributed by atoms with Gasteiger partial charge in [0, 0.05) is 45.8 Å². The number of hydrogen-bond acceptors (Lipinski definition) is 12. The van der Waals surface area contributed by atoms with Crippen LogP contribution in [0.1, 0.15) is 79.6 Å². The van der Waals surface area contributed by atoms with Gasteiger partial charge in [-0.25, -0.2) is 4.79 Å². The number of carbonyl (C=O) groups is 6. The third-order valence-electron chi connectivity index (χ3n) is 8.69. The molecule has 5 rings (SSSR count). The van der Waals surface area contributed by atoms with Gasteiger partial charge in [0.15, 0.2) is 12.2 Å². The normalized spacial score (nSPS) is 35.7. The lowest BCUT2D eigenvalue weighted by Gasteiger charge is -2.59. The van der Waals surface area contributed by atoms with Crippen LogP contribution in [0.5, 0.6) is 0 Å². The maximum atomic E-state index is 13.3. The molecule has 14 heteroatoms. The van der Waals surface area contributed by atoms with E-state index in [2.05, 4.69) is 5.32 Å². The Morgan fingerprint density at radius 2 is 1.40 bits per heavy atom. The van der Waals surface area contributed by atoms with Gasteiger partial charge in [-0.05, 0) is 56.3 Å². The van der Waals surface area contributed by atoms with E-state index in [0.29, 0.717) is 17.8 Å². The Hall–Kier alpha value is -2.87. The van der Waals surface area contributed by atoms with Gasteiger partial charge >= 0.3 is 29.8 Å². The fraction of sp³-hybridized carbons (Fsp3) is 0.793. The maximum Gasteiger partial charge on any atom is 0.346 e. The second-order valence-electron chi connectivity index (χ2n) is 12.4. The molecule has 4 aliphatic carbocycles. The molecule has 1 saturated heterocycles. The van der Waals surface area contributed by atoms with E-state index in [0.717, 1.165) is 66.2 Å². The Bertz CT molecular complexity index is 1110. The van der Waals surface area contributed by atoms with E-state index in [1.807, 2.05) is 0 Å². The summed E-state index contributed by atoms with van der Waals surface area (Å²) in [6.07, 6.45) is -0.167. The van der Waals surface area contributed by atoms with Crippen LogP contribution >= 0.6 is 11.8 Å². The number of thioether (sulfide) groups is 1. The van der Waals surface area contributed by atoms with Gasteiger partial charge in [0.1, 0.15) is 18.8 Å². The molecule has 0 aromatic carbocycles. The predicted molar refractivity (Wildman–Crippen MR) is 149 cm³/mol. The Kier molecular flexibility index (Phi) is 9.99. The number of carboxylic acids is 1. The smallest absolute Gasteiger partial charge is 0.346 e. The van der Waals surface area contributed by atoms with E-state index in [9.17, 15) is 33.9 Å². The lowest BCUT2D eigenvalue weighted by atomic mass is 9.56. The van der Waals surface area contributed by atoms with E-state index in [4.69, 9.17) is 23.7 Å². The molecular formula is C29H41NO12S. The molecule has 1 amide bonds. The molecule has 0 aromatic rings. The van der Waals surface area contributed by atoms with Crippen molar-refractivity contribution < 1.29 is 57.6 Å². The molecule has 4 saturated carbocycles. The SMILES string of the molecule is CC(=O)N[C@H]1[C@H]([C@H](OC(C)=O)[C@@H](COC(C)=O)OC(C)=O)O[C@](SC23CC4CC(CC(C4)C2)C3)(C(=O)O)C[C@@H]1OC(C)=O. The Balaban J connectivity index is 1.80. The molecule has 1 heterocycles. The number of carbonyl (C=O) groups excluding carboxylic acids is 5. The molecule has 0 radical (unpaired) electrons. The molecular weight excluding hydrogens is 586 g/mol. The molecule has 240 valence electrons. The zero-order chi connectivity index (χ0) is 31.7. The highest BCUT2D eigenvalue weighted by Gasteiger charge is 2.62. The number of nitrogens with one attached hydrogen (secondary N) is 1. The van der Waals surface area contributed by atoms with Crippen LogP contribution in [0.15, 0.2) is 0 Å². The lowest BCUT2D eigenvalue weighted by molar-refractivity contribution is -0.223. The van der Waals surface area contributed by atoms with Gasteiger partial charge < -0.3 is 34.1 Å². The minimum Gasteiger partial charge on any atom is -0.478 e. The van der Waals surface area contributed by atoms with Crippen LogP contribution in [0.4, 0.5) is 0 Å². The van der Waals surface area contributed by atoms with Crippen LogP contribution in [-0.2, 0) is 52.5 Å². The standard InChI is InChI=1S/C29H41NO12S/c1-14(31)30-24-22(39-16(3)33)12-29(27(36)37,43-28-9-19-6-20(10-28)8-21(7-19)11-28)42-26(24)25(41-18(5)35)23(40-17(4)34)13-38-15(2)32/h19-26H,6-13H2,1-5H3,(H,30,31)(H,36,37)/t19?,20?,21?,22-,23+,24+,25+,26+,28?,29+/m0/s1. The predicted octanol–water partition coefficient (Wildman–Crippen LogP) is 2.12. The topological polar surface area (TPSA) is 181 Å². The van der Waals surface area contributed by atoms with E-state index in [1.165, 1.54) is 18.7 Å². The molecule has 5 fully saturated rings. The van der Waals surface area contributed by atoms with E-state index >= 15 is 0 Å². The number of aliphatic carboxylic acids is 1. The molecule has 4 bridgehead atoms. The van der Waals surface area contributed by atoms with Crippen molar-refractivity contribution in [2.75, 3.05) is 6.61 Å². The molecule has 6 atom stereocenters. The minimum atomic E-state index is -1.98. The molecule has 0 unspecified atom stereocenters. The highest BCUT2D eigenvalue weighted by Crippen LogP contribution is 2.64. The third-order valence-corrected chi connectivity index (χ3v) is 10.4. The fourth-order valence-corrected chi connectivity index (χ4v) is 10.0. The summed E-state index contributed by atoms with van der Waals surface area (Å²) >= 11 is 1.21. The van der Waals surface area contributed by atoms with Crippen molar-refractivity contribution in [2.24, 2.45) is 17.8 Å². The Labute approximate surface area is 254 Å². The maximum absolute atomic E-state index is 13.3. The number of carboxylic acid groups (broad SMARTS) is 1. The zero-order valence-electron chi connectivity index (χ0n) is 25.1. The fourth-order valence-electron chi connectivity index (χ4n) is 7.86. The Morgan fingerprint density at radius 3 is 1.84 bits per heavy atom. The van der Waals surface area contributed by atoms with E-state index in [1.54, 1.807) is 0 Å². The number of hydrogen-bond donors (Lipinski definition) is 2. The van der Waals surface area contributed by atoms with Crippen LogP contribution in [0, 0.1) is 17.8 Å². The molecule has 2 N–H and O–H groups in total. The first-order chi connectivity index (χ1) is 20.1. The van der Waals surface area contributed by atoms with Crippen molar-refractivity contribution in [1.82, 2.24) is 5.32 Å². The van der Waals surface area contributed by atoms with Crippen molar-refractivity contribution in [2.45, 2.75) is 120 Å². The lowest BCUT2D eigenvalue weighted by Crippen LogP contribution is -2.68. The summed E-state index contributed by atoms with van der Waals surface area (Å²) in [6, 6.07) is -1.22. The van der Waals surface area contributed by atoms with Crippen molar-refractivity contribution in [3.05, 3.63) is 0 Å². The number of rotatable bonds is 11. The van der Waals surface area contributed by atoms with E-state index in [-0.39, 0.29) is 11.2 Å². The van der Waals surface area contributed by atoms with Crippen LogP contribution in [0.3, 0.4) is 0 Å². The first kappa shape index (κ1) is 33.0. The summed E-state index contributed by atoms with van der Waals surface area (Å²) in [5, 5.41) is 13.5. The summed E-state index contributed by atoms with van der Waals surface area (Å²) in [5.41, 5.74) is 0. The summed E-state index contributed by atoms with van der Waals surface area (Å²) in [7, 11) is 0. The summed E-state index contributed by atoms with van der Waals surface area (Å²) in [5.74, 6) is -3.47. The third kappa shape index (κ3) is 7.81. The van der Waals surface area contributed by atoms with Crippen LogP contribution in [0.2, 0.25) is 0 Å². The van der Waals surface area contributed by atoms with Crippen molar-refractivity contribution in [3.63, 3.8) is 0 Å². The highest BCUT2D eigenvalue weighted by atomic mass is 32.2. The summed E-state index contributed by atoms with van der Waals surface area (Å²) < 4.78 is 27.8. The average Bonchev–Trinajstić information content (AvgIpc) is 2.84. The quantitative estimate of drug-likeness (QED) is 0.251. The van der Waals surface area contributed by atoms with Gasteiger partial charge in [-0.15, -0.1) is 11.8 Å². The first-order valence-corrected chi connectivity index (χ1v) is 15.5. The van der Waals surface area contributed by atoms with Crippen molar-refractivity contribution >= 4 is 47.5 Å². The van der Waals surface area contributed by atoms with Gasteiger partial charge in [-0.3, -0.25) is 24.0 Å². The van der Waals surface area contributed by atoms with Crippen LogP contribution in [0.25, 0.3) is 0 Å². The second kappa shape index (κ2) is 13.0. The van der Waals surface area contributed by atoms with Gasteiger partial charge in [0.2, 0.25) is 10.8 Å². The second-order valence-corrected chi connectivity index (χ2v) is 14.2. The van der Waals surface area contributed by atoms with Gasteiger partial charge in [-0.1, -0.05) is 0 Å². The van der Waals surface area contributed by atoms with Gasteiger partial charge in [0.05, 0.1) is 6.04 Å². The van der Waals surface area contributed by atoms with Crippen LogP contribution in [-0.4, -0.2) is 87.6 Å². The largest absolute Gasteiger partial charge is 0.478 e. The Morgan fingerprint density at radius 1 is 0.837 bits per heavy atom. The van der Waals surface area contributed by atoms with Gasteiger partial charge in [-0.2, -0.15) is 0 Å².